The van der Waals surface area contributed by atoms with Gasteiger partial charge in [0.15, 0.2) is 0 Å². The fourth-order valence-corrected chi connectivity index (χ4v) is 2.49. The van der Waals surface area contributed by atoms with E-state index in [2.05, 4.69) is 17.4 Å². The Morgan fingerprint density at radius 3 is 2.48 bits per heavy atom. The summed E-state index contributed by atoms with van der Waals surface area (Å²) < 4.78 is 5.27. The van der Waals surface area contributed by atoms with Gasteiger partial charge in [-0.1, -0.05) is 30.3 Å². The standard InChI is InChI=1S/C17H26N2O2/c1-16(2,3)21-15(20)19-12-17(9-10-17)14(18)11-13-7-5-4-6-8-13/h4-8,14H,9-12,18H2,1-3H3,(H,19,20). The highest BCUT2D eigenvalue weighted by Gasteiger charge is 2.47. The van der Waals surface area contributed by atoms with E-state index in [1.54, 1.807) is 0 Å². The van der Waals surface area contributed by atoms with Gasteiger partial charge in [0.05, 0.1) is 0 Å². The van der Waals surface area contributed by atoms with Crippen molar-refractivity contribution in [2.24, 2.45) is 11.1 Å². The summed E-state index contributed by atoms with van der Waals surface area (Å²) in [6, 6.07) is 10.3. The molecule has 3 N–H and O–H groups in total. The van der Waals surface area contributed by atoms with Crippen LogP contribution in [-0.2, 0) is 11.2 Å². The van der Waals surface area contributed by atoms with Crippen LogP contribution in [0.4, 0.5) is 4.79 Å². The molecule has 0 spiro atoms. The predicted molar refractivity (Wildman–Crippen MR) is 84.0 cm³/mol. The van der Waals surface area contributed by atoms with Crippen molar-refractivity contribution in [1.82, 2.24) is 5.32 Å². The van der Waals surface area contributed by atoms with Crippen LogP contribution in [0.1, 0.15) is 39.2 Å². The summed E-state index contributed by atoms with van der Waals surface area (Å²) >= 11 is 0. The Labute approximate surface area is 127 Å². The molecule has 1 aromatic carbocycles. The van der Waals surface area contributed by atoms with Crippen molar-refractivity contribution in [1.29, 1.82) is 0 Å². The minimum Gasteiger partial charge on any atom is -0.444 e. The molecule has 0 radical (unpaired) electrons. The Morgan fingerprint density at radius 1 is 1.33 bits per heavy atom. The zero-order valence-corrected chi connectivity index (χ0v) is 13.2. The lowest BCUT2D eigenvalue weighted by atomic mass is 9.91. The van der Waals surface area contributed by atoms with Gasteiger partial charge in [-0.25, -0.2) is 4.79 Å². The molecular formula is C17H26N2O2. The van der Waals surface area contributed by atoms with Crippen LogP contribution in [0.15, 0.2) is 30.3 Å². The largest absolute Gasteiger partial charge is 0.444 e. The quantitative estimate of drug-likeness (QED) is 0.876. The Morgan fingerprint density at radius 2 is 1.95 bits per heavy atom. The van der Waals surface area contributed by atoms with Crippen LogP contribution in [-0.4, -0.2) is 24.3 Å². The van der Waals surface area contributed by atoms with Gasteiger partial charge in [0.25, 0.3) is 0 Å². The Bertz CT molecular complexity index is 475. The van der Waals surface area contributed by atoms with Crippen molar-refractivity contribution in [3.63, 3.8) is 0 Å². The molecular weight excluding hydrogens is 264 g/mol. The van der Waals surface area contributed by atoms with Crippen molar-refractivity contribution in [3.8, 4) is 0 Å². The first-order valence-electron chi connectivity index (χ1n) is 7.57. The van der Waals surface area contributed by atoms with E-state index in [1.165, 1.54) is 5.56 Å². The van der Waals surface area contributed by atoms with Crippen LogP contribution in [0.3, 0.4) is 0 Å². The van der Waals surface area contributed by atoms with Gasteiger partial charge < -0.3 is 15.8 Å². The molecule has 0 bridgehead atoms. The summed E-state index contributed by atoms with van der Waals surface area (Å²) in [4.78, 5) is 11.7. The fraction of sp³-hybridized carbons (Fsp3) is 0.588. The van der Waals surface area contributed by atoms with Gasteiger partial charge in [-0.2, -0.15) is 0 Å². The van der Waals surface area contributed by atoms with Crippen LogP contribution in [0, 0.1) is 5.41 Å². The Balaban J connectivity index is 1.83. The second kappa shape index (κ2) is 6.06. The topological polar surface area (TPSA) is 64.3 Å². The number of nitrogens with one attached hydrogen (secondary N) is 1. The lowest BCUT2D eigenvalue weighted by Gasteiger charge is -2.25. The smallest absolute Gasteiger partial charge is 0.407 e. The van der Waals surface area contributed by atoms with Gasteiger partial charge in [-0.3, -0.25) is 0 Å². The van der Waals surface area contributed by atoms with Gasteiger partial charge >= 0.3 is 6.09 Å². The van der Waals surface area contributed by atoms with Crippen LogP contribution >= 0.6 is 0 Å². The number of hydrogen-bond acceptors (Lipinski definition) is 3. The van der Waals surface area contributed by atoms with E-state index in [1.807, 2.05) is 39.0 Å². The molecule has 0 aromatic heterocycles. The van der Waals surface area contributed by atoms with Crippen LogP contribution in [0.5, 0.6) is 0 Å². The normalized spacial score (nSPS) is 17.9. The van der Waals surface area contributed by atoms with Crippen molar-refractivity contribution in [2.45, 2.75) is 51.7 Å². The average molecular weight is 290 g/mol. The van der Waals surface area contributed by atoms with E-state index < -0.39 is 5.60 Å². The minimum atomic E-state index is -0.465. The van der Waals surface area contributed by atoms with Crippen molar-refractivity contribution in [2.75, 3.05) is 6.54 Å². The van der Waals surface area contributed by atoms with E-state index in [0.717, 1.165) is 19.3 Å². The van der Waals surface area contributed by atoms with Crippen LogP contribution in [0.2, 0.25) is 0 Å². The van der Waals surface area contributed by atoms with Gasteiger partial charge in [0.1, 0.15) is 5.60 Å². The maximum atomic E-state index is 11.7. The minimum absolute atomic E-state index is 0.0345. The molecule has 1 unspecified atom stereocenters. The van der Waals surface area contributed by atoms with Gasteiger partial charge in [-0.05, 0) is 45.6 Å². The number of rotatable bonds is 5. The van der Waals surface area contributed by atoms with Gasteiger partial charge in [0.2, 0.25) is 0 Å². The summed E-state index contributed by atoms with van der Waals surface area (Å²) in [6.07, 6.45) is 2.62. The molecule has 1 aliphatic rings. The number of carbonyl (C=O) groups excluding carboxylic acids is 1. The number of benzene rings is 1. The molecule has 21 heavy (non-hydrogen) atoms. The van der Waals surface area contributed by atoms with E-state index in [0.29, 0.717) is 6.54 Å². The average Bonchev–Trinajstić information content (AvgIpc) is 3.17. The Hall–Kier alpha value is -1.55. The number of carbonyl (C=O) groups is 1. The van der Waals surface area contributed by atoms with Gasteiger partial charge in [-0.15, -0.1) is 0 Å². The fourth-order valence-electron chi connectivity index (χ4n) is 2.49. The highest BCUT2D eigenvalue weighted by Crippen LogP contribution is 2.48. The molecule has 0 saturated heterocycles. The number of hydrogen-bond donors (Lipinski definition) is 2. The molecule has 0 aliphatic heterocycles. The summed E-state index contributed by atoms with van der Waals surface area (Å²) in [5, 5.41) is 2.87. The summed E-state index contributed by atoms with van der Waals surface area (Å²) in [7, 11) is 0. The maximum Gasteiger partial charge on any atom is 0.407 e. The lowest BCUT2D eigenvalue weighted by molar-refractivity contribution is 0.0513. The summed E-state index contributed by atoms with van der Waals surface area (Å²) in [6.45, 7) is 6.18. The SMILES string of the molecule is CC(C)(C)OC(=O)NCC1(C(N)Cc2ccccc2)CC1. The summed E-state index contributed by atoms with van der Waals surface area (Å²) in [5.74, 6) is 0. The zero-order chi connectivity index (χ0) is 15.5. The third kappa shape index (κ3) is 4.74. The van der Waals surface area contributed by atoms with Crippen LogP contribution < -0.4 is 11.1 Å². The first-order valence-corrected chi connectivity index (χ1v) is 7.57. The molecule has 4 nitrogen and oxygen atoms in total. The van der Waals surface area contributed by atoms with Gasteiger partial charge in [0, 0.05) is 18.0 Å². The molecule has 4 heteroatoms. The van der Waals surface area contributed by atoms with E-state index in [4.69, 9.17) is 10.5 Å². The number of ether oxygens (including phenoxy) is 1. The lowest BCUT2D eigenvalue weighted by Crippen LogP contribution is -2.43. The number of alkyl carbamates (subject to hydrolysis) is 1. The first-order chi connectivity index (χ1) is 9.81. The van der Waals surface area contributed by atoms with E-state index in [9.17, 15) is 4.79 Å². The molecule has 116 valence electrons. The molecule has 1 fully saturated rings. The maximum absolute atomic E-state index is 11.7. The monoisotopic (exact) mass is 290 g/mol. The highest BCUT2D eigenvalue weighted by atomic mass is 16.6. The highest BCUT2D eigenvalue weighted by molar-refractivity contribution is 5.67. The first kappa shape index (κ1) is 15.8. The van der Waals surface area contributed by atoms with Crippen molar-refractivity contribution < 1.29 is 9.53 Å². The molecule has 1 aromatic rings. The molecule has 1 amide bonds. The second-order valence-electron chi connectivity index (χ2n) is 7.01. The number of amides is 1. The third-order valence-corrected chi connectivity index (χ3v) is 3.96. The van der Waals surface area contributed by atoms with E-state index in [-0.39, 0.29) is 17.6 Å². The second-order valence-corrected chi connectivity index (χ2v) is 7.01. The van der Waals surface area contributed by atoms with Crippen LogP contribution in [0.25, 0.3) is 0 Å². The molecule has 0 heterocycles. The molecule has 1 saturated carbocycles. The molecule has 1 aliphatic carbocycles. The Kier molecular flexibility index (Phi) is 4.57. The number of nitrogens with two attached hydrogens (primary N) is 1. The third-order valence-electron chi connectivity index (χ3n) is 3.96. The zero-order valence-electron chi connectivity index (χ0n) is 13.2. The van der Waals surface area contributed by atoms with Crippen molar-refractivity contribution in [3.05, 3.63) is 35.9 Å². The van der Waals surface area contributed by atoms with E-state index >= 15 is 0 Å². The summed E-state index contributed by atoms with van der Waals surface area (Å²) in [5.41, 5.74) is 7.18. The molecule has 2 rings (SSSR count). The van der Waals surface area contributed by atoms with Crippen molar-refractivity contribution >= 4 is 6.09 Å². The predicted octanol–water partition coefficient (Wildman–Crippen LogP) is 2.86. The molecule has 1 atom stereocenters.